The molecule has 0 radical (unpaired) electrons. The number of amides is 1. The Morgan fingerprint density at radius 1 is 1.30 bits per heavy atom. The average molecular weight is 350 g/mol. The summed E-state index contributed by atoms with van der Waals surface area (Å²) in [4.78, 5) is 12.3. The van der Waals surface area contributed by atoms with E-state index in [0.29, 0.717) is 19.3 Å². The van der Waals surface area contributed by atoms with Gasteiger partial charge in [-0.15, -0.1) is 0 Å². The van der Waals surface area contributed by atoms with Crippen molar-refractivity contribution < 1.29 is 26.4 Å². The predicted octanol–water partition coefficient (Wildman–Crippen LogP) is 2.46. The summed E-state index contributed by atoms with van der Waals surface area (Å²) in [5.41, 5.74) is -0.886. The molecular weight excluding hydrogens is 333 g/mol. The van der Waals surface area contributed by atoms with E-state index in [1.165, 1.54) is 12.1 Å². The van der Waals surface area contributed by atoms with Crippen LogP contribution in [0.4, 0.5) is 18.9 Å². The normalized spacial score (nSPS) is 20.3. The van der Waals surface area contributed by atoms with Crippen molar-refractivity contribution in [2.75, 3.05) is 18.1 Å². The summed E-state index contributed by atoms with van der Waals surface area (Å²) in [6, 6.07) is 3.35. The average Bonchev–Trinajstić information content (AvgIpc) is 2.46. The zero-order valence-corrected chi connectivity index (χ0v) is 13.2. The van der Waals surface area contributed by atoms with E-state index >= 15 is 0 Å². The molecule has 1 heterocycles. The molecule has 1 N–H and O–H groups in total. The summed E-state index contributed by atoms with van der Waals surface area (Å²) in [5, 5.41) is 2.38. The number of anilines is 1. The number of piperidine rings is 1. The molecule has 0 saturated carbocycles. The van der Waals surface area contributed by atoms with Crippen molar-refractivity contribution in [1.29, 1.82) is 0 Å². The number of nitrogens with one attached hydrogen (secondary N) is 1. The molecule has 128 valence electrons. The fourth-order valence-corrected chi connectivity index (χ4v) is 3.69. The number of halogens is 3. The van der Waals surface area contributed by atoms with Gasteiger partial charge in [-0.1, -0.05) is 12.5 Å². The van der Waals surface area contributed by atoms with Crippen LogP contribution in [-0.4, -0.2) is 37.5 Å². The van der Waals surface area contributed by atoms with Crippen LogP contribution in [0.15, 0.2) is 24.3 Å². The Bertz CT molecular complexity index is 689. The maximum absolute atomic E-state index is 12.7. The molecule has 0 bridgehead atoms. The highest BCUT2D eigenvalue weighted by Gasteiger charge is 2.35. The lowest BCUT2D eigenvalue weighted by Crippen LogP contribution is -2.49. The number of sulfonamides is 1. The molecule has 1 aliphatic heterocycles. The van der Waals surface area contributed by atoms with Gasteiger partial charge in [-0.25, -0.2) is 8.42 Å². The maximum atomic E-state index is 12.7. The van der Waals surface area contributed by atoms with Crippen LogP contribution in [-0.2, 0) is 21.0 Å². The fourth-order valence-electron chi connectivity index (χ4n) is 2.56. The summed E-state index contributed by atoms with van der Waals surface area (Å²) >= 11 is 0. The topological polar surface area (TPSA) is 66.5 Å². The first kappa shape index (κ1) is 17.7. The SMILES string of the molecule is CS(=O)(=O)N1CCCC[C@H]1C(=O)Nc1cccc(C(F)(F)F)c1. The highest BCUT2D eigenvalue weighted by atomic mass is 32.2. The van der Waals surface area contributed by atoms with E-state index < -0.39 is 33.7 Å². The highest BCUT2D eigenvalue weighted by Crippen LogP contribution is 2.31. The number of rotatable bonds is 3. The Labute approximate surface area is 132 Å². The third kappa shape index (κ3) is 4.44. The van der Waals surface area contributed by atoms with E-state index in [4.69, 9.17) is 0 Å². The van der Waals surface area contributed by atoms with Gasteiger partial charge >= 0.3 is 6.18 Å². The third-order valence-corrected chi connectivity index (χ3v) is 4.93. The lowest BCUT2D eigenvalue weighted by molar-refractivity contribution is -0.137. The highest BCUT2D eigenvalue weighted by molar-refractivity contribution is 7.88. The second-order valence-corrected chi connectivity index (χ2v) is 7.39. The summed E-state index contributed by atoms with van der Waals surface area (Å²) in [6.45, 7) is 0.236. The minimum atomic E-state index is -4.51. The van der Waals surface area contributed by atoms with E-state index in [0.717, 1.165) is 22.7 Å². The molecule has 9 heteroatoms. The maximum Gasteiger partial charge on any atom is 0.416 e. The lowest BCUT2D eigenvalue weighted by Gasteiger charge is -2.32. The predicted molar refractivity (Wildman–Crippen MR) is 79.3 cm³/mol. The molecule has 0 spiro atoms. The molecule has 2 rings (SSSR count). The molecule has 0 aliphatic carbocycles. The van der Waals surface area contributed by atoms with Crippen LogP contribution >= 0.6 is 0 Å². The molecule has 1 aromatic rings. The first-order chi connectivity index (χ1) is 10.6. The number of carbonyl (C=O) groups is 1. The quantitative estimate of drug-likeness (QED) is 0.911. The van der Waals surface area contributed by atoms with Crippen LogP contribution in [0.5, 0.6) is 0 Å². The number of benzene rings is 1. The Kier molecular flexibility index (Phi) is 5.00. The second-order valence-electron chi connectivity index (χ2n) is 5.45. The molecule has 1 atom stereocenters. The molecule has 1 fully saturated rings. The largest absolute Gasteiger partial charge is 0.416 e. The van der Waals surface area contributed by atoms with Gasteiger partial charge in [0.15, 0.2) is 0 Å². The second kappa shape index (κ2) is 6.48. The van der Waals surface area contributed by atoms with E-state index in [-0.39, 0.29) is 12.2 Å². The van der Waals surface area contributed by atoms with E-state index in [9.17, 15) is 26.4 Å². The third-order valence-electron chi connectivity index (χ3n) is 3.64. The first-order valence-electron chi connectivity index (χ1n) is 7.04. The zero-order chi connectivity index (χ0) is 17.3. The summed E-state index contributed by atoms with van der Waals surface area (Å²) in [7, 11) is -3.55. The lowest BCUT2D eigenvalue weighted by atomic mass is 10.0. The van der Waals surface area contributed by atoms with E-state index in [1.54, 1.807) is 0 Å². The van der Waals surface area contributed by atoms with Gasteiger partial charge in [0, 0.05) is 12.2 Å². The zero-order valence-electron chi connectivity index (χ0n) is 12.4. The van der Waals surface area contributed by atoms with Gasteiger partial charge in [-0.3, -0.25) is 4.79 Å². The Hall–Kier alpha value is -1.61. The van der Waals surface area contributed by atoms with Gasteiger partial charge in [0.1, 0.15) is 6.04 Å². The summed E-state index contributed by atoms with van der Waals surface area (Å²) < 4.78 is 62.6. The van der Waals surface area contributed by atoms with Crippen LogP contribution in [0, 0.1) is 0 Å². The minimum absolute atomic E-state index is 0.0103. The van der Waals surface area contributed by atoms with Crippen molar-refractivity contribution in [3.63, 3.8) is 0 Å². The molecule has 1 aromatic carbocycles. The molecular formula is C14H17F3N2O3S. The van der Waals surface area contributed by atoms with E-state index in [1.807, 2.05) is 0 Å². The van der Waals surface area contributed by atoms with Crippen molar-refractivity contribution >= 4 is 21.6 Å². The van der Waals surface area contributed by atoms with Crippen molar-refractivity contribution in [2.45, 2.75) is 31.5 Å². The molecule has 1 amide bonds. The smallest absolute Gasteiger partial charge is 0.325 e. The number of hydrogen-bond acceptors (Lipinski definition) is 3. The fraction of sp³-hybridized carbons (Fsp3) is 0.500. The van der Waals surface area contributed by atoms with Gasteiger partial charge in [0.05, 0.1) is 11.8 Å². The van der Waals surface area contributed by atoms with E-state index in [2.05, 4.69) is 5.32 Å². The Morgan fingerprint density at radius 2 is 2.00 bits per heavy atom. The first-order valence-corrected chi connectivity index (χ1v) is 8.89. The number of hydrogen-bond donors (Lipinski definition) is 1. The molecule has 0 aromatic heterocycles. The molecule has 0 unspecified atom stereocenters. The Balaban J connectivity index is 2.18. The molecule has 23 heavy (non-hydrogen) atoms. The summed E-state index contributed by atoms with van der Waals surface area (Å²) in [5.74, 6) is -0.616. The van der Waals surface area contributed by atoms with Gasteiger partial charge in [0.2, 0.25) is 15.9 Å². The van der Waals surface area contributed by atoms with Crippen LogP contribution in [0.25, 0.3) is 0 Å². The summed E-state index contributed by atoms with van der Waals surface area (Å²) in [6.07, 6.45) is -1.81. The van der Waals surface area contributed by atoms with Gasteiger partial charge in [-0.05, 0) is 31.0 Å². The van der Waals surface area contributed by atoms with Crippen molar-refractivity contribution in [3.05, 3.63) is 29.8 Å². The van der Waals surface area contributed by atoms with Crippen LogP contribution in [0.3, 0.4) is 0 Å². The van der Waals surface area contributed by atoms with Crippen LogP contribution in [0.1, 0.15) is 24.8 Å². The minimum Gasteiger partial charge on any atom is -0.325 e. The van der Waals surface area contributed by atoms with Crippen molar-refractivity contribution in [3.8, 4) is 0 Å². The van der Waals surface area contributed by atoms with Crippen molar-refractivity contribution in [2.24, 2.45) is 0 Å². The van der Waals surface area contributed by atoms with Crippen LogP contribution < -0.4 is 5.32 Å². The standard InChI is InChI=1S/C14H17F3N2O3S/c1-23(21,22)19-8-3-2-7-12(19)13(20)18-11-6-4-5-10(9-11)14(15,16)17/h4-6,9,12H,2-3,7-8H2,1H3,(H,18,20)/t12-/m0/s1. The van der Waals surface area contributed by atoms with Crippen molar-refractivity contribution in [1.82, 2.24) is 4.31 Å². The van der Waals surface area contributed by atoms with Gasteiger partial charge in [-0.2, -0.15) is 17.5 Å². The molecule has 1 saturated heterocycles. The number of carbonyl (C=O) groups excluding carboxylic acids is 1. The number of nitrogens with zero attached hydrogens (tertiary/aromatic N) is 1. The van der Waals surface area contributed by atoms with Gasteiger partial charge in [0.25, 0.3) is 0 Å². The molecule has 1 aliphatic rings. The number of alkyl halides is 3. The van der Waals surface area contributed by atoms with Crippen LogP contribution in [0.2, 0.25) is 0 Å². The monoisotopic (exact) mass is 350 g/mol. The van der Waals surface area contributed by atoms with Gasteiger partial charge < -0.3 is 5.32 Å². The Morgan fingerprint density at radius 3 is 2.61 bits per heavy atom. The molecule has 5 nitrogen and oxygen atoms in total.